The van der Waals surface area contributed by atoms with E-state index in [0.717, 1.165) is 38.1 Å². The highest BCUT2D eigenvalue weighted by molar-refractivity contribution is 5.80. The molecule has 20 heavy (non-hydrogen) atoms. The lowest BCUT2D eigenvalue weighted by Gasteiger charge is -2.38. The Morgan fingerprint density at radius 3 is 2.60 bits per heavy atom. The normalized spacial score (nSPS) is 36.3. The summed E-state index contributed by atoms with van der Waals surface area (Å²) in [6.45, 7) is 0.844. The van der Waals surface area contributed by atoms with Gasteiger partial charge in [0.15, 0.2) is 0 Å². The van der Waals surface area contributed by atoms with Crippen LogP contribution in [-0.4, -0.2) is 34.5 Å². The maximum absolute atomic E-state index is 12.8. The van der Waals surface area contributed by atoms with E-state index in [2.05, 4.69) is 0 Å². The fraction of sp³-hybridized carbons (Fsp3) is 0.875. The van der Waals surface area contributed by atoms with Crippen molar-refractivity contribution in [2.75, 3.05) is 6.54 Å². The van der Waals surface area contributed by atoms with Gasteiger partial charge in [-0.05, 0) is 56.8 Å². The summed E-state index contributed by atoms with van der Waals surface area (Å²) in [5, 5.41) is 8.86. The Morgan fingerprint density at radius 2 is 1.95 bits per heavy atom. The number of carboxylic acids is 1. The van der Waals surface area contributed by atoms with Gasteiger partial charge >= 0.3 is 5.97 Å². The summed E-state index contributed by atoms with van der Waals surface area (Å²) >= 11 is 0. The van der Waals surface area contributed by atoms with Gasteiger partial charge in [-0.3, -0.25) is 9.59 Å². The zero-order valence-electron chi connectivity index (χ0n) is 12.1. The van der Waals surface area contributed by atoms with Crippen LogP contribution >= 0.6 is 0 Å². The molecular formula is C16H25NO3. The second-order valence-electron chi connectivity index (χ2n) is 6.90. The lowest BCUT2D eigenvalue weighted by Crippen LogP contribution is -2.47. The molecule has 1 N–H and O–H groups in total. The van der Waals surface area contributed by atoms with Gasteiger partial charge in [0.1, 0.15) is 0 Å². The van der Waals surface area contributed by atoms with Crippen LogP contribution in [0.1, 0.15) is 57.8 Å². The first-order chi connectivity index (χ1) is 9.65. The Morgan fingerprint density at radius 1 is 1.10 bits per heavy atom. The van der Waals surface area contributed by atoms with Crippen molar-refractivity contribution in [1.82, 2.24) is 4.90 Å². The topological polar surface area (TPSA) is 57.6 Å². The summed E-state index contributed by atoms with van der Waals surface area (Å²) in [5.41, 5.74) is 0. The Bertz CT molecular complexity index is 395. The highest BCUT2D eigenvalue weighted by Crippen LogP contribution is 2.49. The standard InChI is InChI=1S/C16H25NO3/c18-15(19)7-6-13-3-1-2-8-17(13)16(20)14-10-11-4-5-12(14)9-11/h11-14H,1-10H2,(H,18,19). The molecule has 2 aliphatic carbocycles. The average Bonchev–Trinajstić information content (AvgIpc) is 3.07. The van der Waals surface area contributed by atoms with Gasteiger partial charge in [-0.25, -0.2) is 0 Å². The first-order valence-corrected chi connectivity index (χ1v) is 8.17. The van der Waals surface area contributed by atoms with Crippen molar-refractivity contribution in [3.63, 3.8) is 0 Å². The highest BCUT2D eigenvalue weighted by atomic mass is 16.4. The predicted octanol–water partition coefficient (Wildman–Crippen LogP) is 2.67. The maximum Gasteiger partial charge on any atom is 0.303 e. The van der Waals surface area contributed by atoms with E-state index in [-0.39, 0.29) is 18.4 Å². The molecule has 112 valence electrons. The molecule has 3 rings (SSSR count). The zero-order valence-corrected chi connectivity index (χ0v) is 12.1. The molecule has 0 aromatic carbocycles. The average molecular weight is 279 g/mol. The number of fused-ring (bicyclic) bond motifs is 2. The molecule has 1 heterocycles. The van der Waals surface area contributed by atoms with E-state index in [0.29, 0.717) is 18.2 Å². The van der Waals surface area contributed by atoms with E-state index in [9.17, 15) is 9.59 Å². The summed E-state index contributed by atoms with van der Waals surface area (Å²) in [4.78, 5) is 25.6. The number of carboxylic acid groups (broad SMARTS) is 1. The molecule has 3 aliphatic rings. The van der Waals surface area contributed by atoms with Gasteiger partial charge in [0.2, 0.25) is 5.91 Å². The monoisotopic (exact) mass is 279 g/mol. The third-order valence-corrected chi connectivity index (χ3v) is 5.66. The van der Waals surface area contributed by atoms with Crippen molar-refractivity contribution in [3.8, 4) is 0 Å². The van der Waals surface area contributed by atoms with Crippen LogP contribution in [0.3, 0.4) is 0 Å². The van der Waals surface area contributed by atoms with Crippen LogP contribution in [0.4, 0.5) is 0 Å². The number of amides is 1. The number of likely N-dealkylation sites (tertiary alicyclic amines) is 1. The molecular weight excluding hydrogens is 254 g/mol. The number of aliphatic carboxylic acids is 1. The van der Waals surface area contributed by atoms with E-state index in [1.54, 1.807) is 0 Å². The molecule has 0 spiro atoms. The minimum absolute atomic E-state index is 0.173. The first-order valence-electron chi connectivity index (χ1n) is 8.17. The van der Waals surface area contributed by atoms with Gasteiger partial charge in [-0.15, -0.1) is 0 Å². The summed E-state index contributed by atoms with van der Waals surface area (Å²) < 4.78 is 0. The molecule has 4 heteroatoms. The molecule has 4 atom stereocenters. The fourth-order valence-electron chi connectivity index (χ4n) is 4.64. The van der Waals surface area contributed by atoms with Gasteiger partial charge in [-0.1, -0.05) is 6.42 Å². The number of carbonyl (C=O) groups excluding carboxylic acids is 1. The molecule has 3 fully saturated rings. The van der Waals surface area contributed by atoms with E-state index in [1.807, 2.05) is 4.90 Å². The van der Waals surface area contributed by atoms with Crippen molar-refractivity contribution in [3.05, 3.63) is 0 Å². The number of nitrogens with zero attached hydrogens (tertiary/aromatic N) is 1. The van der Waals surface area contributed by atoms with Crippen molar-refractivity contribution in [2.24, 2.45) is 17.8 Å². The van der Waals surface area contributed by atoms with E-state index < -0.39 is 5.97 Å². The minimum Gasteiger partial charge on any atom is -0.481 e. The summed E-state index contributed by atoms with van der Waals surface area (Å²) in [5.74, 6) is 1.25. The van der Waals surface area contributed by atoms with Crippen molar-refractivity contribution < 1.29 is 14.7 Å². The Hall–Kier alpha value is -1.06. The van der Waals surface area contributed by atoms with Crippen molar-refractivity contribution in [2.45, 2.75) is 63.8 Å². The lowest BCUT2D eigenvalue weighted by molar-refractivity contribution is -0.143. The van der Waals surface area contributed by atoms with Crippen LogP contribution in [0.25, 0.3) is 0 Å². The minimum atomic E-state index is -0.747. The molecule has 0 radical (unpaired) electrons. The molecule has 0 aromatic heterocycles. The zero-order chi connectivity index (χ0) is 14.1. The molecule has 1 saturated heterocycles. The maximum atomic E-state index is 12.8. The number of rotatable bonds is 4. The highest BCUT2D eigenvalue weighted by Gasteiger charge is 2.45. The third-order valence-electron chi connectivity index (χ3n) is 5.66. The second kappa shape index (κ2) is 5.74. The molecule has 2 saturated carbocycles. The van der Waals surface area contributed by atoms with Crippen LogP contribution in [0.15, 0.2) is 0 Å². The van der Waals surface area contributed by atoms with Crippen molar-refractivity contribution in [1.29, 1.82) is 0 Å². The Balaban J connectivity index is 1.63. The molecule has 1 amide bonds. The predicted molar refractivity (Wildman–Crippen MR) is 75.2 cm³/mol. The van der Waals surface area contributed by atoms with Crippen LogP contribution in [0.5, 0.6) is 0 Å². The summed E-state index contributed by atoms with van der Waals surface area (Å²) in [7, 11) is 0. The number of piperidine rings is 1. The Kier molecular flexibility index (Phi) is 3.99. The number of hydrogen-bond acceptors (Lipinski definition) is 2. The number of carbonyl (C=O) groups is 2. The third kappa shape index (κ3) is 2.70. The van der Waals surface area contributed by atoms with E-state index in [1.165, 1.54) is 19.3 Å². The SMILES string of the molecule is O=C(O)CCC1CCCCN1C(=O)C1CC2CCC1C2. The smallest absolute Gasteiger partial charge is 0.303 e. The molecule has 4 nitrogen and oxygen atoms in total. The van der Waals surface area contributed by atoms with Crippen LogP contribution < -0.4 is 0 Å². The van der Waals surface area contributed by atoms with Crippen LogP contribution in [0.2, 0.25) is 0 Å². The van der Waals surface area contributed by atoms with Gasteiger partial charge in [0, 0.05) is 24.9 Å². The summed E-state index contributed by atoms with van der Waals surface area (Å²) in [6.07, 6.45) is 8.90. The molecule has 4 unspecified atom stereocenters. The van der Waals surface area contributed by atoms with Crippen LogP contribution in [0, 0.1) is 17.8 Å². The molecule has 2 bridgehead atoms. The second-order valence-corrected chi connectivity index (χ2v) is 6.90. The number of hydrogen-bond donors (Lipinski definition) is 1. The molecule has 1 aliphatic heterocycles. The Labute approximate surface area is 120 Å². The van der Waals surface area contributed by atoms with Gasteiger partial charge in [0.05, 0.1) is 0 Å². The van der Waals surface area contributed by atoms with Crippen molar-refractivity contribution >= 4 is 11.9 Å². The largest absolute Gasteiger partial charge is 0.481 e. The van der Waals surface area contributed by atoms with Crippen LogP contribution in [-0.2, 0) is 9.59 Å². The van der Waals surface area contributed by atoms with E-state index in [4.69, 9.17) is 5.11 Å². The summed E-state index contributed by atoms with van der Waals surface area (Å²) in [6, 6.07) is 0.173. The lowest BCUT2D eigenvalue weighted by atomic mass is 9.86. The van der Waals surface area contributed by atoms with Gasteiger partial charge in [0.25, 0.3) is 0 Å². The fourth-order valence-corrected chi connectivity index (χ4v) is 4.64. The van der Waals surface area contributed by atoms with Gasteiger partial charge in [-0.2, -0.15) is 0 Å². The quantitative estimate of drug-likeness (QED) is 0.860. The molecule has 0 aromatic rings. The first kappa shape index (κ1) is 13.9. The van der Waals surface area contributed by atoms with Gasteiger partial charge < -0.3 is 10.0 Å². The van der Waals surface area contributed by atoms with E-state index >= 15 is 0 Å².